The predicted octanol–water partition coefficient (Wildman–Crippen LogP) is 8.39. The number of halogens is 1. The van der Waals surface area contributed by atoms with E-state index in [0.29, 0.717) is 48.3 Å². The lowest BCUT2D eigenvalue weighted by atomic mass is 9.99. The number of thioether (sulfide) groups is 1. The van der Waals surface area contributed by atoms with Crippen molar-refractivity contribution in [2.45, 2.75) is 28.8 Å². The zero-order valence-corrected chi connectivity index (χ0v) is 36.6. The summed E-state index contributed by atoms with van der Waals surface area (Å²) in [4.78, 5) is 32.3. The Bertz CT molecular complexity index is 2390. The predicted molar refractivity (Wildman–Crippen MR) is 247 cm³/mol. The van der Waals surface area contributed by atoms with Crippen molar-refractivity contribution >= 4 is 66.9 Å². The molecule has 7 rings (SSSR count). The van der Waals surface area contributed by atoms with E-state index in [1.165, 1.54) is 23.3 Å². The van der Waals surface area contributed by atoms with Crippen molar-refractivity contribution in [3.63, 3.8) is 0 Å². The summed E-state index contributed by atoms with van der Waals surface area (Å²) in [5.41, 5.74) is 4.29. The molecule has 2 aliphatic rings. The Morgan fingerprint density at radius 3 is 2.20 bits per heavy atom. The van der Waals surface area contributed by atoms with E-state index in [0.717, 1.165) is 54.9 Å². The van der Waals surface area contributed by atoms with Crippen molar-refractivity contribution in [2.24, 2.45) is 0 Å². The van der Waals surface area contributed by atoms with Crippen molar-refractivity contribution in [1.29, 1.82) is 0 Å². The van der Waals surface area contributed by atoms with E-state index in [1.807, 2.05) is 60.7 Å². The van der Waals surface area contributed by atoms with Crippen LogP contribution < -0.4 is 14.9 Å². The Kier molecular flexibility index (Phi) is 14.6. The number of nitro benzene ring substituents is 1. The Morgan fingerprint density at radius 1 is 0.836 bits per heavy atom. The minimum Gasteiger partial charge on any atom is -0.376 e. The van der Waals surface area contributed by atoms with Crippen molar-refractivity contribution in [2.75, 3.05) is 73.3 Å². The number of anilines is 2. The lowest BCUT2D eigenvalue weighted by Gasteiger charge is -2.41. The topological polar surface area (TPSA) is 169 Å². The molecule has 5 aromatic carbocycles. The molecule has 4 N–H and O–H groups in total. The standard InChI is InChI=1S/C44H49ClN6O7S3/c45-36-14-10-33(11-15-36)41-9-5-4-6-35(41)31-49-22-24-50(25-23-49)38-16-12-34(13-17-38)44(52)47-61(57,58)40-18-19-42(43(30-40)51(53)54)46-37(32-59-39-7-2-1-3-8-39)20-21-48-26-28-60(55,56)29-27-48/h1-19,30,37,46,55-56H,20-29,31-32H2,(H,47,52)/t37-/m1/s1. The highest BCUT2D eigenvalue weighted by Crippen LogP contribution is 2.40. The van der Waals surface area contributed by atoms with Gasteiger partial charge in [0.05, 0.1) is 21.3 Å². The van der Waals surface area contributed by atoms with Gasteiger partial charge in [0.1, 0.15) is 5.69 Å². The Morgan fingerprint density at radius 2 is 1.51 bits per heavy atom. The highest BCUT2D eigenvalue weighted by molar-refractivity contribution is 8.24. The number of nitrogens with one attached hydrogen (secondary N) is 2. The number of nitro groups is 1. The van der Waals surface area contributed by atoms with E-state index in [1.54, 1.807) is 36.0 Å². The molecular formula is C44H49ClN6O7S3. The van der Waals surface area contributed by atoms with E-state index < -0.39 is 42.0 Å². The van der Waals surface area contributed by atoms with Crippen LogP contribution in [0.2, 0.25) is 5.02 Å². The van der Waals surface area contributed by atoms with Crippen LogP contribution in [0.1, 0.15) is 22.3 Å². The molecule has 17 heteroatoms. The number of piperazine rings is 1. The molecule has 2 aliphatic heterocycles. The molecule has 1 atom stereocenters. The first-order chi connectivity index (χ1) is 29.3. The zero-order chi connectivity index (χ0) is 43.0. The smallest absolute Gasteiger partial charge is 0.293 e. The van der Waals surface area contributed by atoms with Crippen LogP contribution in [0.15, 0.2) is 131 Å². The summed E-state index contributed by atoms with van der Waals surface area (Å²) in [6.45, 7) is 5.74. The summed E-state index contributed by atoms with van der Waals surface area (Å²) >= 11 is 7.71. The number of rotatable bonds is 16. The van der Waals surface area contributed by atoms with Crippen LogP contribution in [0.25, 0.3) is 11.1 Å². The number of carbonyl (C=O) groups excluding carboxylic acids is 1. The Hall–Kier alpha value is -4.65. The summed E-state index contributed by atoms with van der Waals surface area (Å²) in [6, 6.07) is 36.1. The molecule has 0 bridgehead atoms. The molecule has 0 saturated carbocycles. The monoisotopic (exact) mass is 904 g/mol. The van der Waals surface area contributed by atoms with Gasteiger partial charge in [-0.25, -0.2) is 13.1 Å². The highest BCUT2D eigenvalue weighted by atomic mass is 35.5. The van der Waals surface area contributed by atoms with Gasteiger partial charge in [0.15, 0.2) is 0 Å². The van der Waals surface area contributed by atoms with Crippen molar-refractivity contribution in [1.82, 2.24) is 14.5 Å². The van der Waals surface area contributed by atoms with E-state index in [4.69, 9.17) is 11.6 Å². The quantitative estimate of drug-likeness (QED) is 0.0425. The fourth-order valence-electron chi connectivity index (χ4n) is 7.45. The number of carbonyl (C=O) groups is 1. The van der Waals surface area contributed by atoms with Crippen LogP contribution in [-0.4, -0.2) is 107 Å². The van der Waals surface area contributed by atoms with Gasteiger partial charge in [-0.1, -0.05) is 66.2 Å². The van der Waals surface area contributed by atoms with Crippen molar-refractivity contribution in [3.05, 3.63) is 148 Å². The van der Waals surface area contributed by atoms with Gasteiger partial charge in [-0.3, -0.25) is 28.9 Å². The second kappa shape index (κ2) is 20.0. The Balaban J connectivity index is 0.958. The fourth-order valence-corrected chi connectivity index (χ4v) is 10.9. The molecule has 0 aromatic heterocycles. The normalized spacial score (nSPS) is 17.0. The van der Waals surface area contributed by atoms with Gasteiger partial charge in [0.25, 0.3) is 21.6 Å². The number of hydrogen-bond donors (Lipinski definition) is 4. The molecule has 13 nitrogen and oxygen atoms in total. The summed E-state index contributed by atoms with van der Waals surface area (Å²) in [5, 5.41) is 16.3. The molecule has 1 amide bonds. The van der Waals surface area contributed by atoms with E-state index in [2.05, 4.69) is 42.9 Å². The first-order valence-corrected chi connectivity index (χ1v) is 24.7. The lowest BCUT2D eigenvalue weighted by Crippen LogP contribution is -2.46. The van der Waals surface area contributed by atoms with Crippen LogP contribution in [0.3, 0.4) is 0 Å². The van der Waals surface area contributed by atoms with Crippen molar-refractivity contribution in [3.8, 4) is 11.1 Å². The minimum atomic E-state index is -4.48. The first-order valence-electron chi connectivity index (χ1n) is 20.0. The first kappa shape index (κ1) is 44.4. The van der Waals surface area contributed by atoms with Gasteiger partial charge < -0.3 is 15.1 Å². The molecule has 0 aliphatic carbocycles. The van der Waals surface area contributed by atoms with Gasteiger partial charge >= 0.3 is 0 Å². The van der Waals surface area contributed by atoms with E-state index >= 15 is 0 Å². The number of sulfonamides is 1. The third-order valence-corrected chi connectivity index (χ3v) is 15.4. The summed E-state index contributed by atoms with van der Waals surface area (Å²) < 4.78 is 49.1. The van der Waals surface area contributed by atoms with Crippen LogP contribution in [-0.2, 0) is 16.6 Å². The van der Waals surface area contributed by atoms with Gasteiger partial charge in [-0.05, 0) is 83.8 Å². The molecule has 2 fully saturated rings. The van der Waals surface area contributed by atoms with Crippen LogP contribution >= 0.6 is 34.0 Å². The third kappa shape index (κ3) is 12.0. The number of benzene rings is 5. The van der Waals surface area contributed by atoms with Crippen LogP contribution in [0.4, 0.5) is 17.1 Å². The van der Waals surface area contributed by atoms with Crippen molar-refractivity contribution < 1.29 is 27.2 Å². The molecule has 2 saturated heterocycles. The molecular weight excluding hydrogens is 856 g/mol. The second-order valence-electron chi connectivity index (χ2n) is 15.2. The summed E-state index contributed by atoms with van der Waals surface area (Å²) in [5.74, 6) is 0.345. The fraction of sp³-hybridized carbons (Fsp3) is 0.295. The zero-order valence-electron chi connectivity index (χ0n) is 33.4. The van der Waals surface area contributed by atoms with Gasteiger partial charge in [-0.2, -0.15) is 10.6 Å². The molecule has 0 spiro atoms. The maximum Gasteiger partial charge on any atom is 0.293 e. The lowest BCUT2D eigenvalue weighted by molar-refractivity contribution is -0.384. The Labute approximate surface area is 367 Å². The summed E-state index contributed by atoms with van der Waals surface area (Å²) in [7, 11) is -7.02. The maximum absolute atomic E-state index is 13.5. The maximum atomic E-state index is 13.5. The molecule has 61 heavy (non-hydrogen) atoms. The van der Waals surface area contributed by atoms with Gasteiger partial charge in [0, 0.05) is 91.4 Å². The molecule has 322 valence electrons. The van der Waals surface area contributed by atoms with Crippen LogP contribution in [0, 0.1) is 10.1 Å². The average Bonchev–Trinajstić information content (AvgIpc) is 3.26. The third-order valence-electron chi connectivity index (χ3n) is 11.0. The van der Waals surface area contributed by atoms with Gasteiger partial charge in [0.2, 0.25) is 0 Å². The van der Waals surface area contributed by atoms with Crippen LogP contribution in [0.5, 0.6) is 0 Å². The summed E-state index contributed by atoms with van der Waals surface area (Å²) in [6.07, 6.45) is 0.599. The van der Waals surface area contributed by atoms with Gasteiger partial charge in [-0.15, -0.1) is 11.8 Å². The highest BCUT2D eigenvalue weighted by Gasteiger charge is 2.27. The molecule has 0 radical (unpaired) electrons. The minimum absolute atomic E-state index is 0.134. The molecule has 2 heterocycles. The average molecular weight is 906 g/mol. The molecule has 0 unspecified atom stereocenters. The largest absolute Gasteiger partial charge is 0.376 e. The number of nitrogens with zero attached hydrogens (tertiary/aromatic N) is 4. The SMILES string of the molecule is O=C(NS(=O)(=O)c1ccc(N[C@H](CCN2CCS(O)(O)CC2)CSc2ccccc2)c([N+](=O)[O-])c1)c1ccc(N2CCN(Cc3ccccc3-c3ccc(Cl)cc3)CC2)cc1. The van der Waals surface area contributed by atoms with E-state index in [9.17, 15) is 32.4 Å². The second-order valence-corrected chi connectivity index (χ2v) is 20.8. The molecule has 5 aromatic rings. The number of amides is 1. The number of hydrogen-bond acceptors (Lipinski definition) is 12. The van der Waals surface area contributed by atoms with E-state index in [-0.39, 0.29) is 17.3 Å².